The Hall–Kier alpha value is -5.17. The number of anilines is 5. The number of nitrogens with zero attached hydrogens (tertiary/aromatic N) is 5. The molecule has 3 aliphatic heterocycles. The van der Waals surface area contributed by atoms with Gasteiger partial charge in [0.05, 0.1) is 50.0 Å². The predicted octanol–water partition coefficient (Wildman–Crippen LogP) is 6.33. The van der Waals surface area contributed by atoms with Gasteiger partial charge in [0.2, 0.25) is 5.91 Å². The average Bonchev–Trinajstić information content (AvgIpc) is 3.67. The van der Waals surface area contributed by atoms with Crippen LogP contribution in [-0.4, -0.2) is 79.9 Å². The van der Waals surface area contributed by atoms with Crippen LogP contribution in [0.2, 0.25) is 0 Å². The van der Waals surface area contributed by atoms with E-state index in [-0.39, 0.29) is 11.9 Å². The average molecular weight is 678 g/mol. The Morgan fingerprint density at radius 3 is 2.48 bits per heavy atom. The number of morpholine rings is 1. The molecule has 0 spiro atoms. The van der Waals surface area contributed by atoms with E-state index in [1.807, 2.05) is 71.8 Å². The third-order valence-corrected chi connectivity index (χ3v) is 9.40. The maximum Gasteiger partial charge on any atom is 0.247 e. The lowest BCUT2D eigenvalue weighted by molar-refractivity contribution is -0.111. The SMILES string of the molecule is C=CC(=O)Nc1cc(Nc2cc(N3OCCC3c3cccc(Oc4ccccc4)c3)ncn2)c(OC)cc1N1CCC(N2CCOCC2)CC1. The van der Waals surface area contributed by atoms with Gasteiger partial charge < -0.3 is 29.7 Å². The number of nitrogens with one attached hydrogen (secondary N) is 2. The fraction of sp³-hybridized carbons (Fsp3) is 0.342. The quantitative estimate of drug-likeness (QED) is 0.174. The minimum Gasteiger partial charge on any atom is -0.494 e. The largest absolute Gasteiger partial charge is 0.494 e. The van der Waals surface area contributed by atoms with Gasteiger partial charge in [-0.15, -0.1) is 0 Å². The zero-order valence-electron chi connectivity index (χ0n) is 28.3. The second-order valence-corrected chi connectivity index (χ2v) is 12.5. The van der Waals surface area contributed by atoms with Crippen LogP contribution >= 0.6 is 0 Å². The van der Waals surface area contributed by atoms with Gasteiger partial charge in [-0.1, -0.05) is 36.9 Å². The van der Waals surface area contributed by atoms with E-state index in [0.717, 1.165) is 81.4 Å². The smallest absolute Gasteiger partial charge is 0.247 e. The summed E-state index contributed by atoms with van der Waals surface area (Å²) in [6.07, 6.45) is 5.63. The summed E-state index contributed by atoms with van der Waals surface area (Å²) in [6.45, 7) is 9.48. The molecule has 3 fully saturated rings. The first-order valence-corrected chi connectivity index (χ1v) is 17.1. The molecule has 7 rings (SSSR count). The molecule has 260 valence electrons. The lowest BCUT2D eigenvalue weighted by Gasteiger charge is -2.41. The summed E-state index contributed by atoms with van der Waals surface area (Å²) in [5.41, 5.74) is 3.27. The standard InChI is InChI=1S/C38H43N7O5/c1-3-38(46)42-31-23-32(35(47-2)24-34(31)44-15-12-28(13-16-44)43-17-20-48-21-18-43)41-36-25-37(40-26-39-36)45-33(14-19-49-45)27-8-7-11-30(22-27)50-29-9-5-4-6-10-29/h3-11,22-26,28,33H,1,12-21H2,2H3,(H,42,46)(H,39,40,41). The summed E-state index contributed by atoms with van der Waals surface area (Å²) in [5, 5.41) is 8.24. The normalized spacial score (nSPS) is 18.5. The Balaban J connectivity index is 1.10. The lowest BCUT2D eigenvalue weighted by atomic mass is 10.0. The molecule has 12 nitrogen and oxygen atoms in total. The van der Waals surface area contributed by atoms with Crippen LogP contribution in [0.5, 0.6) is 17.2 Å². The fourth-order valence-corrected chi connectivity index (χ4v) is 6.88. The van der Waals surface area contributed by atoms with Crippen molar-refractivity contribution >= 4 is 34.6 Å². The number of hydrogen-bond donors (Lipinski definition) is 2. The number of rotatable bonds is 11. The van der Waals surface area contributed by atoms with Gasteiger partial charge in [-0.05, 0) is 54.8 Å². The van der Waals surface area contributed by atoms with E-state index in [1.54, 1.807) is 7.11 Å². The summed E-state index contributed by atoms with van der Waals surface area (Å²) in [6, 6.07) is 23.9. The number of carbonyl (C=O) groups is 1. The van der Waals surface area contributed by atoms with Crippen molar-refractivity contribution in [2.45, 2.75) is 31.3 Å². The van der Waals surface area contributed by atoms with Crippen LogP contribution < -0.4 is 30.1 Å². The number of aromatic nitrogens is 2. The highest BCUT2D eigenvalue weighted by Gasteiger charge is 2.30. The molecule has 4 heterocycles. The van der Waals surface area contributed by atoms with Crippen molar-refractivity contribution in [1.82, 2.24) is 14.9 Å². The van der Waals surface area contributed by atoms with Gasteiger partial charge in [0.25, 0.3) is 0 Å². The molecular weight excluding hydrogens is 634 g/mol. The van der Waals surface area contributed by atoms with E-state index >= 15 is 0 Å². The van der Waals surface area contributed by atoms with Crippen molar-refractivity contribution in [2.24, 2.45) is 0 Å². The highest BCUT2D eigenvalue weighted by molar-refractivity contribution is 6.02. The van der Waals surface area contributed by atoms with Crippen molar-refractivity contribution in [3.63, 3.8) is 0 Å². The van der Waals surface area contributed by atoms with Crippen molar-refractivity contribution in [1.29, 1.82) is 0 Å². The number of piperidine rings is 1. The summed E-state index contributed by atoms with van der Waals surface area (Å²) in [7, 11) is 1.64. The minimum absolute atomic E-state index is 0.0704. The van der Waals surface area contributed by atoms with Crippen LogP contribution in [0.25, 0.3) is 0 Å². The van der Waals surface area contributed by atoms with E-state index in [1.165, 1.54) is 12.4 Å². The third-order valence-electron chi connectivity index (χ3n) is 9.40. The number of amides is 1. The van der Waals surface area contributed by atoms with Gasteiger partial charge in [-0.25, -0.2) is 15.0 Å². The van der Waals surface area contributed by atoms with E-state index in [2.05, 4.69) is 43.0 Å². The molecular formula is C38H43N7O5. The molecule has 1 unspecified atom stereocenters. The monoisotopic (exact) mass is 677 g/mol. The van der Waals surface area contributed by atoms with Gasteiger partial charge in [-0.2, -0.15) is 0 Å². The van der Waals surface area contributed by atoms with Gasteiger partial charge in [-0.3, -0.25) is 14.5 Å². The molecule has 3 saturated heterocycles. The molecule has 1 atom stereocenters. The lowest BCUT2D eigenvalue weighted by Crippen LogP contribution is -2.49. The van der Waals surface area contributed by atoms with Crippen molar-refractivity contribution in [3.8, 4) is 17.2 Å². The Morgan fingerprint density at radius 2 is 1.70 bits per heavy atom. The molecule has 0 aliphatic carbocycles. The molecule has 0 bridgehead atoms. The van der Waals surface area contributed by atoms with Crippen molar-refractivity contribution in [3.05, 3.63) is 97.3 Å². The number of para-hydroxylation sites is 1. The molecule has 4 aromatic rings. The van der Waals surface area contributed by atoms with Crippen molar-refractivity contribution < 1.29 is 23.8 Å². The molecule has 3 aromatic carbocycles. The van der Waals surface area contributed by atoms with Crippen LogP contribution in [0.1, 0.15) is 30.9 Å². The van der Waals surface area contributed by atoms with Crippen LogP contribution in [-0.2, 0) is 14.4 Å². The first kappa shape index (κ1) is 33.3. The molecule has 2 N–H and O–H groups in total. The van der Waals surface area contributed by atoms with E-state index in [4.69, 9.17) is 19.0 Å². The molecule has 0 radical (unpaired) electrons. The highest BCUT2D eigenvalue weighted by Crippen LogP contribution is 2.41. The Kier molecular flexibility index (Phi) is 10.4. The zero-order chi connectivity index (χ0) is 34.3. The van der Waals surface area contributed by atoms with Crippen LogP contribution in [0.3, 0.4) is 0 Å². The van der Waals surface area contributed by atoms with E-state index in [9.17, 15) is 4.79 Å². The number of hydroxylamine groups is 1. The highest BCUT2D eigenvalue weighted by atomic mass is 16.7. The molecule has 1 aromatic heterocycles. The summed E-state index contributed by atoms with van der Waals surface area (Å²) in [5.74, 6) is 3.02. The topological polar surface area (TPSA) is 114 Å². The second-order valence-electron chi connectivity index (χ2n) is 12.5. The molecule has 1 amide bonds. The van der Waals surface area contributed by atoms with E-state index in [0.29, 0.717) is 41.4 Å². The fourth-order valence-electron chi connectivity index (χ4n) is 6.88. The minimum atomic E-state index is -0.287. The van der Waals surface area contributed by atoms with Crippen molar-refractivity contribution in [2.75, 3.05) is 73.7 Å². The summed E-state index contributed by atoms with van der Waals surface area (Å²) in [4.78, 5) is 32.6. The molecule has 3 aliphatic rings. The predicted molar refractivity (Wildman–Crippen MR) is 194 cm³/mol. The molecule has 0 saturated carbocycles. The number of methoxy groups -OCH3 is 1. The van der Waals surface area contributed by atoms with E-state index < -0.39 is 0 Å². The van der Waals surface area contributed by atoms with Gasteiger partial charge in [0.1, 0.15) is 29.4 Å². The second kappa shape index (κ2) is 15.6. The summed E-state index contributed by atoms with van der Waals surface area (Å²) < 4.78 is 17.5. The maximum absolute atomic E-state index is 12.6. The number of carbonyl (C=O) groups excluding carboxylic acids is 1. The Bertz CT molecular complexity index is 1780. The van der Waals surface area contributed by atoms with Gasteiger partial charge in [0.15, 0.2) is 5.82 Å². The van der Waals surface area contributed by atoms with Gasteiger partial charge >= 0.3 is 0 Å². The third kappa shape index (κ3) is 7.67. The van der Waals surface area contributed by atoms with Crippen LogP contribution in [0.4, 0.5) is 28.7 Å². The van der Waals surface area contributed by atoms with Crippen LogP contribution in [0, 0.1) is 0 Å². The summed E-state index contributed by atoms with van der Waals surface area (Å²) >= 11 is 0. The Labute approximate surface area is 292 Å². The molecule has 12 heteroatoms. The number of benzene rings is 3. The maximum atomic E-state index is 12.6. The van der Waals surface area contributed by atoms with Gasteiger partial charge in [0, 0.05) is 50.8 Å². The zero-order valence-corrected chi connectivity index (χ0v) is 28.3. The number of hydrogen-bond acceptors (Lipinski definition) is 11. The first-order chi connectivity index (χ1) is 24.6. The molecule has 50 heavy (non-hydrogen) atoms. The Morgan fingerprint density at radius 1 is 0.900 bits per heavy atom. The first-order valence-electron chi connectivity index (χ1n) is 17.1. The number of ether oxygens (including phenoxy) is 3. The van der Waals surface area contributed by atoms with Crippen LogP contribution in [0.15, 0.2) is 91.8 Å².